The van der Waals surface area contributed by atoms with Crippen LogP contribution in [0, 0.1) is 0 Å². The number of fused-ring (bicyclic) bond motifs is 1. The van der Waals surface area contributed by atoms with E-state index in [4.69, 9.17) is 20.8 Å². The van der Waals surface area contributed by atoms with Crippen LogP contribution in [-0.4, -0.2) is 30.0 Å². The highest BCUT2D eigenvalue weighted by Gasteiger charge is 2.26. The predicted molar refractivity (Wildman–Crippen MR) is 72.6 cm³/mol. The van der Waals surface area contributed by atoms with Crippen LogP contribution in [-0.2, 0) is 4.74 Å². The fraction of sp³-hybridized carbons (Fsp3) is 0.308. The molecule has 1 fully saturated rings. The maximum Gasteiger partial charge on any atom is 0.227 e. The Balaban J connectivity index is 1.91. The lowest BCUT2D eigenvalue weighted by atomic mass is 10.2. The van der Waals surface area contributed by atoms with Crippen molar-refractivity contribution < 1.29 is 13.9 Å². The molecular formula is C13H11ClO3S. The first-order chi connectivity index (χ1) is 8.74. The summed E-state index contributed by atoms with van der Waals surface area (Å²) in [6, 6.07) is 7.03. The van der Waals surface area contributed by atoms with Gasteiger partial charge in [-0.05, 0) is 24.3 Å². The third kappa shape index (κ3) is 2.28. The zero-order valence-electron chi connectivity index (χ0n) is 9.52. The van der Waals surface area contributed by atoms with Crippen molar-refractivity contribution in [2.24, 2.45) is 0 Å². The summed E-state index contributed by atoms with van der Waals surface area (Å²) >= 11 is 7.63. The first-order valence-corrected chi connectivity index (χ1v) is 7.20. The van der Waals surface area contributed by atoms with E-state index < -0.39 is 0 Å². The van der Waals surface area contributed by atoms with Crippen LogP contribution < -0.4 is 0 Å². The molecule has 94 valence electrons. The molecule has 1 unspecified atom stereocenters. The maximum absolute atomic E-state index is 12.2. The number of carbonyl (C=O) groups excluding carboxylic acids is 1. The van der Waals surface area contributed by atoms with Crippen molar-refractivity contribution in [1.29, 1.82) is 0 Å². The van der Waals surface area contributed by atoms with E-state index in [2.05, 4.69) is 0 Å². The van der Waals surface area contributed by atoms with Crippen LogP contribution in [0.3, 0.4) is 0 Å². The number of thioether (sulfide) groups is 1. The summed E-state index contributed by atoms with van der Waals surface area (Å²) in [7, 11) is 0. The second-order valence-electron chi connectivity index (χ2n) is 4.09. The molecular weight excluding hydrogens is 272 g/mol. The molecule has 0 saturated carbocycles. The molecule has 2 heterocycles. The van der Waals surface area contributed by atoms with E-state index in [0.717, 1.165) is 11.1 Å². The van der Waals surface area contributed by atoms with Crippen molar-refractivity contribution in [2.45, 2.75) is 6.10 Å². The van der Waals surface area contributed by atoms with E-state index in [1.165, 1.54) is 0 Å². The molecule has 2 aromatic rings. The number of ether oxygens (including phenoxy) is 1. The van der Waals surface area contributed by atoms with E-state index in [9.17, 15) is 4.79 Å². The molecule has 1 aromatic heterocycles. The van der Waals surface area contributed by atoms with Crippen molar-refractivity contribution >= 4 is 40.1 Å². The summed E-state index contributed by atoms with van der Waals surface area (Å²) in [5.74, 6) is 1.89. The molecule has 0 amide bonds. The van der Waals surface area contributed by atoms with Crippen molar-refractivity contribution in [2.75, 3.05) is 18.1 Å². The number of furan rings is 1. The lowest BCUT2D eigenvalue weighted by molar-refractivity contribution is 0.0495. The molecule has 0 N–H and O–H groups in total. The SMILES string of the molecule is O=C(c1cc2cc(Cl)ccc2o1)C1CSCCO1. The highest BCUT2D eigenvalue weighted by Crippen LogP contribution is 2.25. The maximum atomic E-state index is 12.2. The van der Waals surface area contributed by atoms with Crippen LogP contribution in [0.25, 0.3) is 11.0 Å². The standard InChI is InChI=1S/C13H11ClO3S/c14-9-1-2-10-8(5-9)6-11(17-10)13(15)12-7-18-4-3-16-12/h1-2,5-6,12H,3-4,7H2. The average molecular weight is 283 g/mol. The Bertz CT molecular complexity index is 587. The Kier molecular flexibility index (Phi) is 3.33. The highest BCUT2D eigenvalue weighted by molar-refractivity contribution is 7.99. The summed E-state index contributed by atoms with van der Waals surface area (Å²) in [4.78, 5) is 12.2. The lowest BCUT2D eigenvalue weighted by Gasteiger charge is -2.19. The second-order valence-corrected chi connectivity index (χ2v) is 5.68. The Hall–Kier alpha value is -0.970. The second kappa shape index (κ2) is 4.96. The molecule has 1 aromatic carbocycles. The van der Waals surface area contributed by atoms with Crippen molar-refractivity contribution in [3.8, 4) is 0 Å². The number of Topliss-reactive ketones (excluding diaryl/α,β-unsaturated/α-hetero) is 1. The molecule has 0 radical (unpaired) electrons. The summed E-state index contributed by atoms with van der Waals surface area (Å²) < 4.78 is 11.0. The van der Waals surface area contributed by atoms with E-state index in [-0.39, 0.29) is 11.9 Å². The number of halogens is 1. The fourth-order valence-corrected chi connectivity index (χ4v) is 2.96. The molecule has 1 atom stereocenters. The van der Waals surface area contributed by atoms with E-state index in [0.29, 0.717) is 28.7 Å². The van der Waals surface area contributed by atoms with E-state index in [1.807, 2.05) is 0 Å². The Morgan fingerprint density at radius 1 is 1.39 bits per heavy atom. The third-order valence-corrected chi connectivity index (χ3v) is 4.06. The normalized spacial score (nSPS) is 20.2. The van der Waals surface area contributed by atoms with Crippen LogP contribution in [0.4, 0.5) is 0 Å². The smallest absolute Gasteiger partial charge is 0.227 e. The third-order valence-electron chi connectivity index (χ3n) is 2.83. The molecule has 18 heavy (non-hydrogen) atoms. The number of hydrogen-bond donors (Lipinski definition) is 0. The van der Waals surface area contributed by atoms with Crippen LogP contribution in [0.5, 0.6) is 0 Å². The molecule has 1 aliphatic heterocycles. The highest BCUT2D eigenvalue weighted by atomic mass is 35.5. The summed E-state index contributed by atoms with van der Waals surface area (Å²) in [6.45, 7) is 0.618. The summed E-state index contributed by atoms with van der Waals surface area (Å²) in [5.41, 5.74) is 0.672. The first kappa shape index (κ1) is 12.1. The first-order valence-electron chi connectivity index (χ1n) is 5.67. The van der Waals surface area contributed by atoms with Gasteiger partial charge in [0, 0.05) is 21.9 Å². The van der Waals surface area contributed by atoms with E-state index >= 15 is 0 Å². The van der Waals surface area contributed by atoms with Gasteiger partial charge in [0.15, 0.2) is 5.76 Å². The Labute approximate surface area is 113 Å². The monoisotopic (exact) mass is 282 g/mol. The van der Waals surface area contributed by atoms with Crippen LogP contribution in [0.1, 0.15) is 10.6 Å². The van der Waals surface area contributed by atoms with Gasteiger partial charge in [0.2, 0.25) is 5.78 Å². The largest absolute Gasteiger partial charge is 0.453 e. The molecule has 3 nitrogen and oxygen atoms in total. The van der Waals surface area contributed by atoms with Gasteiger partial charge in [-0.25, -0.2) is 0 Å². The van der Waals surface area contributed by atoms with Gasteiger partial charge in [-0.3, -0.25) is 4.79 Å². The molecule has 5 heteroatoms. The molecule has 0 aliphatic carbocycles. The minimum atomic E-state index is -0.389. The molecule has 1 saturated heterocycles. The van der Waals surface area contributed by atoms with Gasteiger partial charge in [-0.2, -0.15) is 11.8 Å². The molecule has 3 rings (SSSR count). The minimum Gasteiger partial charge on any atom is -0.453 e. The lowest BCUT2D eigenvalue weighted by Crippen LogP contribution is -2.31. The number of ketones is 1. The number of carbonyl (C=O) groups is 1. The van der Waals surface area contributed by atoms with Gasteiger partial charge in [-0.15, -0.1) is 0 Å². The number of benzene rings is 1. The van der Waals surface area contributed by atoms with Crippen LogP contribution >= 0.6 is 23.4 Å². The number of rotatable bonds is 2. The predicted octanol–water partition coefficient (Wildman–Crippen LogP) is 3.40. The quantitative estimate of drug-likeness (QED) is 0.792. The van der Waals surface area contributed by atoms with Gasteiger partial charge in [0.1, 0.15) is 11.7 Å². The fourth-order valence-electron chi connectivity index (χ4n) is 1.93. The van der Waals surface area contributed by atoms with Crippen molar-refractivity contribution in [3.05, 3.63) is 35.0 Å². The molecule has 0 bridgehead atoms. The zero-order chi connectivity index (χ0) is 12.5. The zero-order valence-corrected chi connectivity index (χ0v) is 11.1. The van der Waals surface area contributed by atoms with Gasteiger partial charge >= 0.3 is 0 Å². The van der Waals surface area contributed by atoms with Crippen molar-refractivity contribution in [1.82, 2.24) is 0 Å². The minimum absolute atomic E-state index is 0.0884. The average Bonchev–Trinajstić information content (AvgIpc) is 2.81. The van der Waals surface area contributed by atoms with Gasteiger partial charge in [0.05, 0.1) is 6.61 Å². The summed E-state index contributed by atoms with van der Waals surface area (Å²) in [6.07, 6.45) is -0.389. The number of hydrogen-bond acceptors (Lipinski definition) is 4. The van der Waals surface area contributed by atoms with Crippen LogP contribution in [0.15, 0.2) is 28.7 Å². The van der Waals surface area contributed by atoms with Crippen molar-refractivity contribution in [3.63, 3.8) is 0 Å². The van der Waals surface area contributed by atoms with E-state index in [1.54, 1.807) is 36.0 Å². The Morgan fingerprint density at radius 3 is 3.06 bits per heavy atom. The topological polar surface area (TPSA) is 39.4 Å². The summed E-state index contributed by atoms with van der Waals surface area (Å²) in [5, 5.41) is 1.47. The van der Waals surface area contributed by atoms with Gasteiger partial charge < -0.3 is 9.15 Å². The van der Waals surface area contributed by atoms with Gasteiger partial charge in [-0.1, -0.05) is 11.6 Å². The van der Waals surface area contributed by atoms with Crippen LogP contribution in [0.2, 0.25) is 5.02 Å². The Morgan fingerprint density at radius 2 is 2.28 bits per heavy atom. The van der Waals surface area contributed by atoms with Gasteiger partial charge in [0.25, 0.3) is 0 Å². The molecule has 1 aliphatic rings. The molecule has 0 spiro atoms.